The number of hydrogen-bond acceptors (Lipinski definition) is 5. The van der Waals surface area contributed by atoms with Crippen LogP contribution in [0.4, 0.5) is 14.5 Å². The summed E-state index contributed by atoms with van der Waals surface area (Å²) >= 11 is 0. The fourth-order valence-electron chi connectivity index (χ4n) is 2.44. The molecular formula is C17H15F2N5O2. The Morgan fingerprint density at radius 2 is 2.00 bits per heavy atom. The molecule has 3 rings (SSSR count). The number of tetrazole rings is 1. The van der Waals surface area contributed by atoms with Gasteiger partial charge >= 0.3 is 6.61 Å². The summed E-state index contributed by atoms with van der Waals surface area (Å²) in [5, 5.41) is 13.8. The molecule has 1 amide bonds. The van der Waals surface area contributed by atoms with Gasteiger partial charge in [-0.3, -0.25) is 4.79 Å². The van der Waals surface area contributed by atoms with Crippen molar-refractivity contribution in [3.8, 4) is 11.4 Å². The van der Waals surface area contributed by atoms with Gasteiger partial charge in [0.2, 0.25) is 5.91 Å². The lowest BCUT2D eigenvalue weighted by Crippen LogP contribution is -2.14. The van der Waals surface area contributed by atoms with Crippen molar-refractivity contribution in [3.05, 3.63) is 59.9 Å². The Kier molecular flexibility index (Phi) is 5.16. The summed E-state index contributed by atoms with van der Waals surface area (Å²) in [4.78, 5) is 12.2. The fourth-order valence-corrected chi connectivity index (χ4v) is 2.44. The molecular weight excluding hydrogens is 344 g/mol. The van der Waals surface area contributed by atoms with Crippen LogP contribution in [0.25, 0.3) is 5.69 Å². The number of nitrogens with one attached hydrogen (secondary N) is 1. The fraction of sp³-hybridized carbons (Fsp3) is 0.176. The third-order valence-electron chi connectivity index (χ3n) is 3.59. The first-order valence-corrected chi connectivity index (χ1v) is 7.69. The van der Waals surface area contributed by atoms with Gasteiger partial charge in [-0.1, -0.05) is 12.1 Å². The lowest BCUT2D eigenvalue weighted by molar-refractivity contribution is -0.115. The van der Waals surface area contributed by atoms with Crippen molar-refractivity contribution >= 4 is 11.6 Å². The molecule has 0 saturated carbocycles. The number of amides is 1. The second kappa shape index (κ2) is 7.68. The molecule has 3 aromatic rings. The van der Waals surface area contributed by atoms with Gasteiger partial charge in [0.1, 0.15) is 12.1 Å². The van der Waals surface area contributed by atoms with Gasteiger partial charge in [0.05, 0.1) is 12.1 Å². The number of aromatic nitrogens is 4. The SMILES string of the molecule is Cc1cc(NC(=O)Cc2ccc(OC(F)F)cc2)ccc1-n1cnnn1. The number of aryl methyl sites for hydroxylation is 1. The number of benzene rings is 2. The first kappa shape index (κ1) is 17.5. The normalized spacial score (nSPS) is 10.8. The van der Waals surface area contributed by atoms with Crippen LogP contribution in [0.2, 0.25) is 0 Å². The lowest BCUT2D eigenvalue weighted by Gasteiger charge is -2.10. The van der Waals surface area contributed by atoms with E-state index < -0.39 is 6.61 Å². The molecule has 1 N–H and O–H groups in total. The molecule has 0 unspecified atom stereocenters. The minimum atomic E-state index is -2.87. The molecule has 9 heteroatoms. The van der Waals surface area contributed by atoms with Crippen molar-refractivity contribution in [2.75, 3.05) is 5.32 Å². The van der Waals surface area contributed by atoms with E-state index in [0.29, 0.717) is 11.3 Å². The highest BCUT2D eigenvalue weighted by atomic mass is 19.3. The number of carbonyl (C=O) groups is 1. The highest BCUT2D eigenvalue weighted by Gasteiger charge is 2.09. The van der Waals surface area contributed by atoms with E-state index in [-0.39, 0.29) is 18.1 Å². The van der Waals surface area contributed by atoms with Crippen LogP contribution in [-0.2, 0) is 11.2 Å². The zero-order valence-electron chi connectivity index (χ0n) is 13.8. The predicted molar refractivity (Wildman–Crippen MR) is 89.3 cm³/mol. The van der Waals surface area contributed by atoms with E-state index in [2.05, 4.69) is 25.6 Å². The summed E-state index contributed by atoms with van der Waals surface area (Å²) in [6.45, 7) is -0.988. The van der Waals surface area contributed by atoms with E-state index in [9.17, 15) is 13.6 Å². The number of rotatable bonds is 6. The molecule has 26 heavy (non-hydrogen) atoms. The van der Waals surface area contributed by atoms with E-state index >= 15 is 0 Å². The molecule has 2 aromatic carbocycles. The molecule has 0 aliphatic heterocycles. The standard InChI is InChI=1S/C17H15F2N5O2/c1-11-8-13(4-7-15(11)24-10-20-22-23-24)21-16(25)9-12-2-5-14(6-3-12)26-17(18)19/h2-8,10,17H,9H2,1H3,(H,21,25). The van der Waals surface area contributed by atoms with Crippen molar-refractivity contribution in [3.63, 3.8) is 0 Å². The Balaban J connectivity index is 1.62. The molecule has 0 atom stereocenters. The van der Waals surface area contributed by atoms with E-state index in [1.807, 2.05) is 13.0 Å². The maximum Gasteiger partial charge on any atom is 0.387 e. The van der Waals surface area contributed by atoms with Gasteiger partial charge < -0.3 is 10.1 Å². The van der Waals surface area contributed by atoms with Crippen LogP contribution in [0.3, 0.4) is 0 Å². The van der Waals surface area contributed by atoms with Crippen LogP contribution in [0.5, 0.6) is 5.75 Å². The monoisotopic (exact) mass is 359 g/mol. The first-order valence-electron chi connectivity index (χ1n) is 7.69. The molecule has 0 fully saturated rings. The molecule has 1 aromatic heterocycles. The molecule has 134 valence electrons. The second-order valence-electron chi connectivity index (χ2n) is 5.50. The third kappa shape index (κ3) is 4.38. The Morgan fingerprint density at radius 3 is 2.62 bits per heavy atom. The number of nitrogens with zero attached hydrogens (tertiary/aromatic N) is 4. The average molecular weight is 359 g/mol. The molecule has 0 aliphatic rings. The summed E-state index contributed by atoms with van der Waals surface area (Å²) in [5.41, 5.74) is 3.03. The van der Waals surface area contributed by atoms with Crippen molar-refractivity contribution in [1.29, 1.82) is 0 Å². The maximum absolute atomic E-state index is 12.2. The van der Waals surface area contributed by atoms with E-state index in [1.54, 1.807) is 24.3 Å². The molecule has 1 heterocycles. The van der Waals surface area contributed by atoms with Crippen LogP contribution >= 0.6 is 0 Å². The Morgan fingerprint density at radius 1 is 1.23 bits per heavy atom. The molecule has 7 nitrogen and oxygen atoms in total. The van der Waals surface area contributed by atoms with Crippen molar-refractivity contribution < 1.29 is 18.3 Å². The van der Waals surface area contributed by atoms with Crippen molar-refractivity contribution in [2.24, 2.45) is 0 Å². The van der Waals surface area contributed by atoms with E-state index in [1.165, 1.54) is 23.1 Å². The van der Waals surface area contributed by atoms with Gasteiger partial charge in [0.25, 0.3) is 0 Å². The highest BCUT2D eigenvalue weighted by molar-refractivity contribution is 5.92. The number of alkyl halides is 2. The summed E-state index contributed by atoms with van der Waals surface area (Å²) in [7, 11) is 0. The highest BCUT2D eigenvalue weighted by Crippen LogP contribution is 2.19. The predicted octanol–water partition coefficient (Wildman–Crippen LogP) is 2.75. The molecule has 0 aliphatic carbocycles. The summed E-state index contributed by atoms with van der Waals surface area (Å²) in [5.74, 6) is -0.167. The minimum absolute atomic E-state index is 0.0537. The Bertz CT molecular complexity index is 883. The second-order valence-corrected chi connectivity index (χ2v) is 5.50. The molecule has 0 bridgehead atoms. The van der Waals surface area contributed by atoms with Crippen molar-refractivity contribution in [2.45, 2.75) is 20.0 Å². The minimum Gasteiger partial charge on any atom is -0.435 e. The zero-order chi connectivity index (χ0) is 18.5. The van der Waals surface area contributed by atoms with Gasteiger partial charge in [-0.05, 0) is 58.8 Å². The number of ether oxygens (including phenoxy) is 1. The number of anilines is 1. The van der Waals surface area contributed by atoms with Crippen LogP contribution in [0, 0.1) is 6.92 Å². The summed E-state index contributed by atoms with van der Waals surface area (Å²) in [6, 6.07) is 11.3. The van der Waals surface area contributed by atoms with Gasteiger partial charge in [0.15, 0.2) is 0 Å². The van der Waals surface area contributed by atoms with Crippen molar-refractivity contribution in [1.82, 2.24) is 20.2 Å². The summed E-state index contributed by atoms with van der Waals surface area (Å²) in [6.07, 6.45) is 1.60. The summed E-state index contributed by atoms with van der Waals surface area (Å²) < 4.78 is 30.1. The van der Waals surface area contributed by atoms with Crippen LogP contribution in [0.1, 0.15) is 11.1 Å². The molecule has 0 saturated heterocycles. The topological polar surface area (TPSA) is 81.9 Å². The number of carbonyl (C=O) groups excluding carboxylic acids is 1. The van der Waals surface area contributed by atoms with E-state index in [0.717, 1.165) is 11.3 Å². The van der Waals surface area contributed by atoms with Gasteiger partial charge in [0, 0.05) is 5.69 Å². The third-order valence-corrected chi connectivity index (χ3v) is 3.59. The van der Waals surface area contributed by atoms with Gasteiger partial charge in [-0.25, -0.2) is 4.68 Å². The Hall–Kier alpha value is -3.36. The Labute approximate surface area is 147 Å². The number of halogens is 2. The molecule has 0 radical (unpaired) electrons. The number of hydrogen-bond donors (Lipinski definition) is 1. The largest absolute Gasteiger partial charge is 0.435 e. The zero-order valence-corrected chi connectivity index (χ0v) is 13.8. The van der Waals surface area contributed by atoms with E-state index in [4.69, 9.17) is 0 Å². The lowest BCUT2D eigenvalue weighted by atomic mass is 10.1. The maximum atomic E-state index is 12.2. The van der Waals surface area contributed by atoms with Crippen LogP contribution in [0.15, 0.2) is 48.8 Å². The van der Waals surface area contributed by atoms with Crippen LogP contribution < -0.4 is 10.1 Å². The molecule has 0 spiro atoms. The van der Waals surface area contributed by atoms with Crippen LogP contribution in [-0.4, -0.2) is 32.7 Å². The van der Waals surface area contributed by atoms with Gasteiger partial charge in [-0.15, -0.1) is 5.10 Å². The first-order chi connectivity index (χ1) is 12.5. The quantitative estimate of drug-likeness (QED) is 0.732. The average Bonchev–Trinajstić information content (AvgIpc) is 3.10. The smallest absolute Gasteiger partial charge is 0.387 e. The van der Waals surface area contributed by atoms with Gasteiger partial charge in [-0.2, -0.15) is 8.78 Å².